The largest absolute Gasteiger partial charge is 0.434 e. The Hall–Kier alpha value is -5.10. The molecule has 3 N–H and O–H groups in total. The topological polar surface area (TPSA) is 158 Å². The minimum absolute atomic E-state index is 0.130. The van der Waals surface area contributed by atoms with Crippen LogP contribution in [0.15, 0.2) is 79.0 Å². The molecule has 12 nitrogen and oxygen atoms in total. The van der Waals surface area contributed by atoms with E-state index in [0.717, 1.165) is 5.39 Å². The highest BCUT2D eigenvalue weighted by molar-refractivity contribution is 6.06. The van der Waals surface area contributed by atoms with Gasteiger partial charge < -0.3 is 30.3 Å². The van der Waals surface area contributed by atoms with Gasteiger partial charge in [-0.05, 0) is 36.4 Å². The van der Waals surface area contributed by atoms with Crippen molar-refractivity contribution in [1.82, 2.24) is 25.4 Å². The van der Waals surface area contributed by atoms with Crippen molar-refractivity contribution in [3.63, 3.8) is 0 Å². The molecule has 3 aliphatic rings. The Labute approximate surface area is 252 Å². The molecule has 12 heteroatoms. The summed E-state index contributed by atoms with van der Waals surface area (Å²) < 4.78 is 4.77. The number of amides is 4. The monoisotopic (exact) mass is 597 g/mol. The summed E-state index contributed by atoms with van der Waals surface area (Å²) in [6.45, 7) is 0.0292. The lowest BCUT2D eigenvalue weighted by Gasteiger charge is -2.47. The van der Waals surface area contributed by atoms with E-state index in [9.17, 15) is 29.1 Å². The number of ether oxygens (including phenoxy) is 1. The number of rotatable bonds is 5. The van der Waals surface area contributed by atoms with Gasteiger partial charge in [0, 0.05) is 23.7 Å². The van der Waals surface area contributed by atoms with E-state index in [1.54, 1.807) is 48.5 Å². The SMILES string of the molecule is O=C1CC(NC(=O)[C@@H]2CN(C(=O)c3ccccc3)C[C@@H]3C/C=C\C[C@H](NC(=O)c4nccc5ccccc45)C(=O)N32)C(O)O1. The number of aliphatic hydroxyl groups is 1. The van der Waals surface area contributed by atoms with Gasteiger partial charge in [-0.25, -0.2) is 0 Å². The zero-order valence-corrected chi connectivity index (χ0v) is 23.7. The minimum Gasteiger partial charge on any atom is -0.434 e. The summed E-state index contributed by atoms with van der Waals surface area (Å²) in [5, 5.41) is 17.0. The molecule has 4 amide bonds. The highest BCUT2D eigenvalue weighted by Crippen LogP contribution is 2.26. The van der Waals surface area contributed by atoms with E-state index in [0.29, 0.717) is 17.4 Å². The van der Waals surface area contributed by atoms with Gasteiger partial charge in [-0.1, -0.05) is 54.6 Å². The van der Waals surface area contributed by atoms with Crippen LogP contribution in [-0.2, 0) is 19.1 Å². The number of aromatic nitrogens is 1. The maximum absolute atomic E-state index is 14.2. The average Bonchev–Trinajstić information content (AvgIpc) is 3.36. The maximum atomic E-state index is 14.2. The highest BCUT2D eigenvalue weighted by Gasteiger charge is 2.46. The van der Waals surface area contributed by atoms with Crippen molar-refractivity contribution < 1.29 is 33.8 Å². The van der Waals surface area contributed by atoms with Gasteiger partial charge in [0.15, 0.2) is 0 Å². The molecule has 226 valence electrons. The highest BCUT2D eigenvalue weighted by atomic mass is 16.6. The molecular formula is C32H31N5O7. The molecule has 3 aromatic rings. The van der Waals surface area contributed by atoms with Gasteiger partial charge in [0.2, 0.25) is 18.1 Å². The van der Waals surface area contributed by atoms with Crippen molar-refractivity contribution in [2.24, 2.45) is 0 Å². The van der Waals surface area contributed by atoms with Crippen LogP contribution in [0.1, 0.15) is 40.1 Å². The van der Waals surface area contributed by atoms with E-state index in [1.807, 2.05) is 24.3 Å². The maximum Gasteiger partial charge on any atom is 0.310 e. The second kappa shape index (κ2) is 12.3. The number of nitrogens with zero attached hydrogens (tertiary/aromatic N) is 3. The number of benzene rings is 2. The Morgan fingerprint density at radius 3 is 2.43 bits per heavy atom. The molecule has 2 unspecified atom stereocenters. The van der Waals surface area contributed by atoms with E-state index >= 15 is 0 Å². The fraction of sp³-hybridized carbons (Fsp3) is 0.312. The fourth-order valence-corrected chi connectivity index (χ4v) is 5.99. The molecule has 1 aromatic heterocycles. The summed E-state index contributed by atoms with van der Waals surface area (Å²) in [5.41, 5.74) is 0.608. The summed E-state index contributed by atoms with van der Waals surface area (Å²) in [6, 6.07) is 13.9. The van der Waals surface area contributed by atoms with Gasteiger partial charge in [-0.2, -0.15) is 0 Å². The number of piperazine rings is 1. The normalized spacial score (nSPS) is 25.8. The number of esters is 1. The molecule has 5 atom stereocenters. The minimum atomic E-state index is -1.53. The van der Waals surface area contributed by atoms with Crippen LogP contribution >= 0.6 is 0 Å². The van der Waals surface area contributed by atoms with Crippen molar-refractivity contribution in [3.8, 4) is 0 Å². The van der Waals surface area contributed by atoms with Gasteiger partial charge in [0.1, 0.15) is 23.8 Å². The molecule has 0 aliphatic carbocycles. The van der Waals surface area contributed by atoms with Gasteiger partial charge in [0.05, 0.1) is 19.0 Å². The lowest BCUT2D eigenvalue weighted by atomic mass is 9.96. The number of hydrogen-bond acceptors (Lipinski definition) is 8. The third-order valence-corrected chi connectivity index (χ3v) is 8.17. The van der Waals surface area contributed by atoms with Crippen LogP contribution in [0.5, 0.6) is 0 Å². The predicted molar refractivity (Wildman–Crippen MR) is 157 cm³/mol. The van der Waals surface area contributed by atoms with E-state index in [2.05, 4.69) is 15.6 Å². The number of cyclic esters (lactones) is 1. The Morgan fingerprint density at radius 1 is 0.909 bits per heavy atom. The quantitative estimate of drug-likeness (QED) is 0.292. The van der Waals surface area contributed by atoms with Crippen molar-refractivity contribution in [2.75, 3.05) is 13.1 Å². The first-order valence-corrected chi connectivity index (χ1v) is 14.4. The summed E-state index contributed by atoms with van der Waals surface area (Å²) in [7, 11) is 0. The number of carbonyl (C=O) groups excluding carboxylic acids is 5. The second-order valence-corrected chi connectivity index (χ2v) is 11.0. The zero-order valence-electron chi connectivity index (χ0n) is 23.7. The average molecular weight is 598 g/mol. The van der Waals surface area contributed by atoms with Crippen LogP contribution in [0, 0.1) is 0 Å². The number of nitrogens with one attached hydrogen (secondary N) is 2. The standard InChI is InChI=1S/C32H31N5O7/c38-26-16-24(32(43)44-26)35-28(39)25-18-36(30(41)20-9-2-1-3-10-20)17-21-11-5-7-13-23(31(42)37(21)25)34-29(40)27-22-12-6-4-8-19(22)14-15-33-27/h1-10,12,14-15,21,23-25,32,43H,11,13,16-18H2,(H,34,40)(H,35,39)/b7-5-/t21-,23-,24?,25-,32?/m0/s1. The van der Waals surface area contributed by atoms with Crippen molar-refractivity contribution in [2.45, 2.75) is 49.7 Å². The Morgan fingerprint density at radius 2 is 1.66 bits per heavy atom. The smallest absolute Gasteiger partial charge is 0.310 e. The van der Waals surface area contributed by atoms with Crippen LogP contribution in [0.3, 0.4) is 0 Å². The third-order valence-electron chi connectivity index (χ3n) is 8.17. The molecule has 0 bridgehead atoms. The number of carbonyl (C=O) groups is 5. The Bertz CT molecular complexity index is 1640. The van der Waals surface area contributed by atoms with Crippen LogP contribution in [-0.4, -0.2) is 93.0 Å². The van der Waals surface area contributed by atoms with Crippen LogP contribution < -0.4 is 10.6 Å². The first kappa shape index (κ1) is 29.0. The van der Waals surface area contributed by atoms with Crippen molar-refractivity contribution >= 4 is 40.4 Å². The van der Waals surface area contributed by atoms with E-state index in [-0.39, 0.29) is 37.5 Å². The van der Waals surface area contributed by atoms with E-state index in [1.165, 1.54) is 16.0 Å². The number of pyridine rings is 1. The molecule has 3 aliphatic heterocycles. The molecular weight excluding hydrogens is 566 g/mol. The number of fused-ring (bicyclic) bond motifs is 2. The Balaban J connectivity index is 1.30. The van der Waals surface area contributed by atoms with Gasteiger partial charge in [0.25, 0.3) is 11.8 Å². The Kier molecular flexibility index (Phi) is 8.07. The fourth-order valence-electron chi connectivity index (χ4n) is 5.99. The molecule has 4 heterocycles. The summed E-state index contributed by atoms with van der Waals surface area (Å²) in [5.74, 6) is -2.63. The van der Waals surface area contributed by atoms with Crippen LogP contribution in [0.4, 0.5) is 0 Å². The molecule has 0 saturated carbocycles. The van der Waals surface area contributed by atoms with Crippen LogP contribution in [0.25, 0.3) is 10.8 Å². The first-order chi connectivity index (χ1) is 21.3. The third kappa shape index (κ3) is 5.76. The number of aliphatic hydroxyl groups excluding tert-OH is 1. The molecule has 6 rings (SSSR count). The molecule has 2 fully saturated rings. The molecule has 2 aromatic carbocycles. The molecule has 0 radical (unpaired) electrons. The lowest BCUT2D eigenvalue weighted by Crippen LogP contribution is -2.68. The first-order valence-electron chi connectivity index (χ1n) is 14.4. The van der Waals surface area contributed by atoms with Crippen molar-refractivity contribution in [1.29, 1.82) is 0 Å². The van der Waals surface area contributed by atoms with Crippen LogP contribution in [0.2, 0.25) is 0 Å². The van der Waals surface area contributed by atoms with E-state index < -0.39 is 54.1 Å². The summed E-state index contributed by atoms with van der Waals surface area (Å²) >= 11 is 0. The van der Waals surface area contributed by atoms with E-state index in [4.69, 9.17) is 4.74 Å². The lowest BCUT2D eigenvalue weighted by molar-refractivity contribution is -0.156. The van der Waals surface area contributed by atoms with Crippen molar-refractivity contribution in [3.05, 3.63) is 90.3 Å². The molecule has 0 spiro atoms. The van der Waals surface area contributed by atoms with Gasteiger partial charge in [-0.15, -0.1) is 0 Å². The number of hydrogen-bond donors (Lipinski definition) is 3. The van der Waals surface area contributed by atoms with Gasteiger partial charge in [-0.3, -0.25) is 29.0 Å². The zero-order chi connectivity index (χ0) is 30.8. The predicted octanol–water partition coefficient (Wildman–Crippen LogP) is 1.16. The second-order valence-electron chi connectivity index (χ2n) is 11.0. The molecule has 44 heavy (non-hydrogen) atoms. The summed E-state index contributed by atoms with van der Waals surface area (Å²) in [4.78, 5) is 73.9. The molecule has 2 saturated heterocycles. The van der Waals surface area contributed by atoms with Gasteiger partial charge >= 0.3 is 5.97 Å². The summed E-state index contributed by atoms with van der Waals surface area (Å²) in [6.07, 6.45) is 4.00.